The Bertz CT molecular complexity index is 666. The molecule has 0 aromatic heterocycles. The topological polar surface area (TPSA) is 44.4 Å². The molecule has 0 aliphatic rings. The van der Waals surface area contributed by atoms with Crippen molar-refractivity contribution in [1.29, 1.82) is 0 Å². The van der Waals surface area contributed by atoms with E-state index in [9.17, 15) is 4.79 Å². The van der Waals surface area contributed by atoms with E-state index in [0.29, 0.717) is 10.7 Å². The number of aryl methyl sites for hydroxylation is 1. The lowest BCUT2D eigenvalue weighted by Crippen LogP contribution is -2.22. The highest BCUT2D eigenvalue weighted by atomic mass is 35.5. The van der Waals surface area contributed by atoms with Crippen molar-refractivity contribution in [2.24, 2.45) is 0 Å². The van der Waals surface area contributed by atoms with E-state index in [4.69, 9.17) is 11.6 Å². The highest BCUT2D eigenvalue weighted by Gasteiger charge is 2.06. The Labute approximate surface area is 142 Å². The molecule has 0 unspecified atom stereocenters. The molecule has 0 bridgehead atoms. The van der Waals surface area contributed by atoms with Crippen molar-refractivity contribution in [3.05, 3.63) is 53.1 Å². The molecule has 122 valence electrons. The second kappa shape index (κ2) is 7.88. The molecule has 0 aliphatic carbocycles. The first-order valence-corrected chi connectivity index (χ1v) is 8.10. The highest BCUT2D eigenvalue weighted by molar-refractivity contribution is 6.31. The van der Waals surface area contributed by atoms with Gasteiger partial charge in [0.05, 0.1) is 0 Å². The summed E-state index contributed by atoms with van der Waals surface area (Å²) in [5.74, 6) is 0. The van der Waals surface area contributed by atoms with Gasteiger partial charge in [-0.3, -0.25) is 0 Å². The number of nitrogens with one attached hydrogen (secondary N) is 2. The van der Waals surface area contributed by atoms with Crippen LogP contribution in [-0.2, 0) is 0 Å². The molecule has 0 fully saturated rings. The van der Waals surface area contributed by atoms with Crippen LogP contribution in [0.15, 0.2) is 42.5 Å². The van der Waals surface area contributed by atoms with Crippen LogP contribution in [-0.4, -0.2) is 19.1 Å². The van der Waals surface area contributed by atoms with Gasteiger partial charge in [-0.15, -0.1) is 0 Å². The lowest BCUT2D eigenvalue weighted by Gasteiger charge is -2.21. The first kappa shape index (κ1) is 17.2. The zero-order valence-electron chi connectivity index (χ0n) is 13.7. The number of hydrogen-bond acceptors (Lipinski definition) is 2. The van der Waals surface area contributed by atoms with Crippen molar-refractivity contribution in [2.45, 2.75) is 20.8 Å². The molecule has 0 aliphatic heterocycles. The standard InChI is InChI=1S/C18H22ClN3O/c1-4-22(5-2)16-10-8-14(9-11-16)20-18(23)21-15-7-6-13(3)17(19)12-15/h6-12H,4-5H2,1-3H3,(H2,20,21,23). The van der Waals surface area contributed by atoms with E-state index in [1.807, 2.05) is 43.3 Å². The van der Waals surface area contributed by atoms with Crippen LogP contribution in [0.5, 0.6) is 0 Å². The number of halogens is 1. The normalized spacial score (nSPS) is 10.3. The van der Waals surface area contributed by atoms with Crippen LogP contribution >= 0.6 is 11.6 Å². The van der Waals surface area contributed by atoms with Gasteiger partial charge in [-0.2, -0.15) is 0 Å². The predicted molar refractivity (Wildman–Crippen MR) is 98.8 cm³/mol. The third-order valence-corrected chi connectivity index (χ3v) is 4.09. The average Bonchev–Trinajstić information content (AvgIpc) is 2.53. The van der Waals surface area contributed by atoms with E-state index in [-0.39, 0.29) is 6.03 Å². The smallest absolute Gasteiger partial charge is 0.323 e. The second-order valence-electron chi connectivity index (χ2n) is 5.26. The van der Waals surface area contributed by atoms with Gasteiger partial charge in [-0.25, -0.2) is 4.79 Å². The van der Waals surface area contributed by atoms with Crippen molar-refractivity contribution in [1.82, 2.24) is 0 Å². The molecular weight excluding hydrogens is 310 g/mol. The molecule has 0 saturated heterocycles. The SMILES string of the molecule is CCN(CC)c1ccc(NC(=O)Nc2ccc(C)c(Cl)c2)cc1. The van der Waals surface area contributed by atoms with Gasteiger partial charge in [0.15, 0.2) is 0 Å². The lowest BCUT2D eigenvalue weighted by atomic mass is 10.2. The number of benzene rings is 2. The Morgan fingerprint density at radius 1 is 1.00 bits per heavy atom. The molecule has 2 aromatic carbocycles. The van der Waals surface area contributed by atoms with Gasteiger partial charge in [0, 0.05) is 35.2 Å². The van der Waals surface area contributed by atoms with Crippen molar-refractivity contribution in [3.63, 3.8) is 0 Å². The summed E-state index contributed by atoms with van der Waals surface area (Å²) < 4.78 is 0. The molecule has 0 radical (unpaired) electrons. The number of amides is 2. The minimum atomic E-state index is -0.291. The van der Waals surface area contributed by atoms with Gasteiger partial charge < -0.3 is 15.5 Å². The molecule has 2 aromatic rings. The van der Waals surface area contributed by atoms with Gasteiger partial charge in [0.1, 0.15) is 0 Å². The summed E-state index contributed by atoms with van der Waals surface area (Å²) in [6, 6.07) is 12.9. The summed E-state index contributed by atoms with van der Waals surface area (Å²) in [6.07, 6.45) is 0. The molecule has 23 heavy (non-hydrogen) atoms. The minimum Gasteiger partial charge on any atom is -0.372 e. The number of urea groups is 1. The van der Waals surface area contributed by atoms with E-state index >= 15 is 0 Å². The molecule has 2 N–H and O–H groups in total. The third-order valence-electron chi connectivity index (χ3n) is 3.68. The van der Waals surface area contributed by atoms with Crippen LogP contribution in [0.4, 0.5) is 21.9 Å². The summed E-state index contributed by atoms with van der Waals surface area (Å²) >= 11 is 6.06. The van der Waals surface area contributed by atoms with Crippen LogP contribution in [0.1, 0.15) is 19.4 Å². The van der Waals surface area contributed by atoms with E-state index < -0.39 is 0 Å². The van der Waals surface area contributed by atoms with Crippen molar-refractivity contribution >= 4 is 34.7 Å². The van der Waals surface area contributed by atoms with Crippen molar-refractivity contribution < 1.29 is 4.79 Å². The molecule has 0 heterocycles. The molecule has 0 saturated carbocycles. The zero-order valence-corrected chi connectivity index (χ0v) is 14.4. The molecule has 5 heteroatoms. The predicted octanol–water partition coefficient (Wildman–Crippen LogP) is 5.14. The van der Waals surface area contributed by atoms with Gasteiger partial charge in [-0.1, -0.05) is 17.7 Å². The van der Waals surface area contributed by atoms with E-state index in [1.54, 1.807) is 6.07 Å². The number of anilines is 3. The van der Waals surface area contributed by atoms with E-state index in [2.05, 4.69) is 29.4 Å². The van der Waals surface area contributed by atoms with Gasteiger partial charge in [0.2, 0.25) is 0 Å². The Morgan fingerprint density at radius 3 is 2.13 bits per heavy atom. The Balaban J connectivity index is 1.98. The van der Waals surface area contributed by atoms with Crippen molar-refractivity contribution in [3.8, 4) is 0 Å². The molecule has 2 amide bonds. The van der Waals surface area contributed by atoms with Gasteiger partial charge in [-0.05, 0) is 62.7 Å². The van der Waals surface area contributed by atoms with Gasteiger partial charge in [0.25, 0.3) is 0 Å². The molecule has 0 atom stereocenters. The molecule has 0 spiro atoms. The number of nitrogens with zero attached hydrogens (tertiary/aromatic N) is 1. The van der Waals surface area contributed by atoms with Gasteiger partial charge >= 0.3 is 6.03 Å². The molecule has 2 rings (SSSR count). The molecule has 4 nitrogen and oxygen atoms in total. The quantitative estimate of drug-likeness (QED) is 0.796. The minimum absolute atomic E-state index is 0.291. The maximum atomic E-state index is 12.0. The summed E-state index contributed by atoms with van der Waals surface area (Å²) in [4.78, 5) is 14.3. The van der Waals surface area contributed by atoms with Crippen LogP contribution in [0.2, 0.25) is 5.02 Å². The Kier molecular flexibility index (Phi) is 5.88. The van der Waals surface area contributed by atoms with E-state index in [1.165, 1.54) is 0 Å². The third kappa shape index (κ3) is 4.63. The maximum Gasteiger partial charge on any atom is 0.323 e. The molecular formula is C18H22ClN3O. The summed E-state index contributed by atoms with van der Waals surface area (Å²) in [5, 5.41) is 6.22. The monoisotopic (exact) mass is 331 g/mol. The number of rotatable bonds is 5. The summed E-state index contributed by atoms with van der Waals surface area (Å²) in [6.45, 7) is 8.07. The van der Waals surface area contributed by atoms with E-state index in [0.717, 1.165) is 30.0 Å². The second-order valence-corrected chi connectivity index (χ2v) is 5.67. The first-order chi connectivity index (χ1) is 11.0. The number of carbonyl (C=O) groups excluding carboxylic acids is 1. The Morgan fingerprint density at radius 2 is 1.57 bits per heavy atom. The summed E-state index contributed by atoms with van der Waals surface area (Å²) in [7, 11) is 0. The fraction of sp³-hybridized carbons (Fsp3) is 0.278. The Hall–Kier alpha value is -2.20. The fourth-order valence-electron chi connectivity index (χ4n) is 2.31. The van der Waals surface area contributed by atoms with Crippen LogP contribution in [0, 0.1) is 6.92 Å². The lowest BCUT2D eigenvalue weighted by molar-refractivity contribution is 0.262. The van der Waals surface area contributed by atoms with Crippen molar-refractivity contribution in [2.75, 3.05) is 28.6 Å². The average molecular weight is 332 g/mol. The highest BCUT2D eigenvalue weighted by Crippen LogP contribution is 2.21. The van der Waals surface area contributed by atoms with Crippen LogP contribution in [0.3, 0.4) is 0 Å². The first-order valence-electron chi connectivity index (χ1n) is 7.72. The number of carbonyl (C=O) groups is 1. The maximum absolute atomic E-state index is 12.0. The van der Waals surface area contributed by atoms with Crippen LogP contribution < -0.4 is 15.5 Å². The van der Waals surface area contributed by atoms with Crippen LogP contribution in [0.25, 0.3) is 0 Å². The fourth-order valence-corrected chi connectivity index (χ4v) is 2.49. The number of hydrogen-bond donors (Lipinski definition) is 2. The largest absolute Gasteiger partial charge is 0.372 e. The zero-order chi connectivity index (χ0) is 16.8. The summed E-state index contributed by atoms with van der Waals surface area (Å²) in [5.41, 5.74) is 3.53.